The van der Waals surface area contributed by atoms with Gasteiger partial charge in [0.25, 0.3) is 0 Å². The first-order valence-electron chi connectivity index (χ1n) is 7.99. The molecule has 0 aromatic carbocycles. The molecule has 4 atom stereocenters. The van der Waals surface area contributed by atoms with Gasteiger partial charge >= 0.3 is 17.9 Å². The molecule has 0 saturated carbocycles. The van der Waals surface area contributed by atoms with Crippen molar-refractivity contribution in [2.75, 3.05) is 7.11 Å². The lowest BCUT2D eigenvalue weighted by molar-refractivity contribution is -0.174. The van der Waals surface area contributed by atoms with Gasteiger partial charge in [0.15, 0.2) is 18.5 Å². The number of ether oxygens (including phenoxy) is 3. The molecule has 4 N–H and O–H groups in total. The van der Waals surface area contributed by atoms with E-state index in [-0.39, 0.29) is 18.1 Å². The van der Waals surface area contributed by atoms with Gasteiger partial charge in [-0.3, -0.25) is 19.2 Å². The number of aldehydes is 1. The molecule has 0 spiro atoms. The first-order chi connectivity index (χ1) is 11.5. The third kappa shape index (κ3) is 7.61. The van der Waals surface area contributed by atoms with Crippen LogP contribution in [0.3, 0.4) is 0 Å². The summed E-state index contributed by atoms with van der Waals surface area (Å²) >= 11 is 0. The highest BCUT2D eigenvalue weighted by molar-refractivity contribution is 5.80. The lowest BCUT2D eigenvalue weighted by Gasteiger charge is -2.26. The fraction of sp³-hybridized carbons (Fsp3) is 0.750. The highest BCUT2D eigenvalue weighted by Gasteiger charge is 2.34. The van der Waals surface area contributed by atoms with Gasteiger partial charge in [-0.2, -0.15) is 0 Å². The Hall–Kier alpha value is -2.00. The first-order valence-corrected chi connectivity index (χ1v) is 7.99. The van der Waals surface area contributed by atoms with Gasteiger partial charge in [0.2, 0.25) is 0 Å². The summed E-state index contributed by atoms with van der Waals surface area (Å²) in [6, 6.07) is -1.92. The number of methoxy groups -OCH3 is 1. The SMILES string of the molecule is COC(=O)CC(OC(=O)C(N)C(C)C)C(C=O)OC(=O)C(N)C(C)C. The minimum Gasteiger partial charge on any atom is -0.469 e. The van der Waals surface area contributed by atoms with Crippen molar-refractivity contribution in [3.63, 3.8) is 0 Å². The first kappa shape index (κ1) is 23.0. The quantitative estimate of drug-likeness (QED) is 0.300. The van der Waals surface area contributed by atoms with E-state index in [4.69, 9.17) is 20.9 Å². The van der Waals surface area contributed by atoms with Crippen LogP contribution in [0.2, 0.25) is 0 Å². The lowest BCUT2D eigenvalue weighted by Crippen LogP contribution is -2.46. The Morgan fingerprint density at radius 3 is 1.72 bits per heavy atom. The van der Waals surface area contributed by atoms with Crippen molar-refractivity contribution < 1.29 is 33.4 Å². The van der Waals surface area contributed by atoms with Crippen LogP contribution in [0.25, 0.3) is 0 Å². The zero-order chi connectivity index (χ0) is 19.7. The highest BCUT2D eigenvalue weighted by atomic mass is 16.6. The molecule has 0 amide bonds. The van der Waals surface area contributed by atoms with Crippen molar-refractivity contribution in [2.24, 2.45) is 23.3 Å². The minimum absolute atomic E-state index is 0.224. The summed E-state index contributed by atoms with van der Waals surface area (Å²) in [5.74, 6) is -2.85. The van der Waals surface area contributed by atoms with Crippen LogP contribution in [0.1, 0.15) is 34.1 Å². The highest BCUT2D eigenvalue weighted by Crippen LogP contribution is 2.13. The normalized spacial score (nSPS) is 15.9. The average Bonchev–Trinajstić information content (AvgIpc) is 2.56. The maximum atomic E-state index is 12.0. The summed E-state index contributed by atoms with van der Waals surface area (Å²) in [7, 11) is 1.14. The average molecular weight is 360 g/mol. The van der Waals surface area contributed by atoms with Gasteiger partial charge in [-0.05, 0) is 11.8 Å². The zero-order valence-electron chi connectivity index (χ0n) is 15.3. The van der Waals surface area contributed by atoms with Crippen LogP contribution in [0, 0.1) is 11.8 Å². The second kappa shape index (κ2) is 10.8. The molecule has 0 bridgehead atoms. The summed E-state index contributed by atoms with van der Waals surface area (Å²) in [5, 5.41) is 0. The van der Waals surface area contributed by atoms with Gasteiger partial charge in [0, 0.05) is 0 Å². The summed E-state index contributed by atoms with van der Waals surface area (Å²) in [5.41, 5.74) is 11.4. The van der Waals surface area contributed by atoms with E-state index in [1.807, 2.05) is 0 Å². The van der Waals surface area contributed by atoms with Gasteiger partial charge in [-0.25, -0.2) is 0 Å². The molecule has 4 unspecified atom stereocenters. The van der Waals surface area contributed by atoms with Crippen molar-refractivity contribution in [3.8, 4) is 0 Å². The largest absolute Gasteiger partial charge is 0.469 e. The van der Waals surface area contributed by atoms with E-state index in [1.165, 1.54) is 0 Å². The Bertz CT molecular complexity index is 479. The Labute approximate surface area is 147 Å². The van der Waals surface area contributed by atoms with E-state index in [2.05, 4.69) is 4.74 Å². The number of carbonyl (C=O) groups is 4. The Morgan fingerprint density at radius 2 is 1.36 bits per heavy atom. The molecular weight excluding hydrogens is 332 g/mol. The van der Waals surface area contributed by atoms with Crippen LogP contribution in [0.15, 0.2) is 0 Å². The molecule has 9 nitrogen and oxygen atoms in total. The molecule has 0 aliphatic heterocycles. The third-order valence-corrected chi connectivity index (χ3v) is 3.60. The number of nitrogens with two attached hydrogens (primary N) is 2. The Kier molecular flexibility index (Phi) is 9.92. The lowest BCUT2D eigenvalue weighted by atomic mass is 10.0. The van der Waals surface area contributed by atoms with Crippen molar-refractivity contribution in [1.29, 1.82) is 0 Å². The molecule has 0 aromatic heterocycles. The van der Waals surface area contributed by atoms with Crippen LogP contribution in [-0.4, -0.2) is 55.6 Å². The molecule has 0 aliphatic rings. The summed E-state index contributed by atoms with van der Waals surface area (Å²) in [6.07, 6.45) is -3.06. The fourth-order valence-electron chi connectivity index (χ4n) is 1.65. The van der Waals surface area contributed by atoms with Gasteiger partial charge < -0.3 is 25.7 Å². The molecule has 0 heterocycles. The molecule has 0 rings (SSSR count). The Balaban J connectivity index is 5.26. The number of carbonyl (C=O) groups excluding carboxylic acids is 4. The molecule has 0 fully saturated rings. The maximum absolute atomic E-state index is 12.0. The van der Waals surface area contributed by atoms with Crippen molar-refractivity contribution in [1.82, 2.24) is 0 Å². The molecule has 0 saturated heterocycles. The summed E-state index contributed by atoms with van der Waals surface area (Å²) in [4.78, 5) is 46.9. The molecule has 0 radical (unpaired) electrons. The van der Waals surface area contributed by atoms with E-state index in [9.17, 15) is 19.2 Å². The molecule has 144 valence electrons. The molecule has 0 aliphatic carbocycles. The van der Waals surface area contributed by atoms with Gasteiger partial charge in [0.1, 0.15) is 12.1 Å². The van der Waals surface area contributed by atoms with Crippen molar-refractivity contribution in [3.05, 3.63) is 0 Å². The van der Waals surface area contributed by atoms with Gasteiger partial charge in [-0.1, -0.05) is 27.7 Å². The van der Waals surface area contributed by atoms with Gasteiger partial charge in [0.05, 0.1) is 13.5 Å². The smallest absolute Gasteiger partial charge is 0.324 e. The third-order valence-electron chi connectivity index (χ3n) is 3.60. The monoisotopic (exact) mass is 360 g/mol. The number of esters is 3. The van der Waals surface area contributed by atoms with Crippen LogP contribution in [-0.2, 0) is 33.4 Å². The summed E-state index contributed by atoms with van der Waals surface area (Å²) in [6.45, 7) is 6.82. The number of hydrogen-bond donors (Lipinski definition) is 2. The van der Waals surface area contributed by atoms with Crippen molar-refractivity contribution in [2.45, 2.75) is 58.4 Å². The number of rotatable bonds is 10. The van der Waals surface area contributed by atoms with E-state index >= 15 is 0 Å². The second-order valence-electron chi connectivity index (χ2n) is 6.33. The molecule has 25 heavy (non-hydrogen) atoms. The van der Waals surface area contributed by atoms with E-state index in [0.29, 0.717) is 0 Å². The number of hydrogen-bond acceptors (Lipinski definition) is 9. The zero-order valence-corrected chi connectivity index (χ0v) is 15.3. The Morgan fingerprint density at radius 1 is 0.920 bits per heavy atom. The second-order valence-corrected chi connectivity index (χ2v) is 6.33. The van der Waals surface area contributed by atoms with E-state index < -0.39 is 48.6 Å². The minimum atomic E-state index is -1.50. The molecule has 9 heteroatoms. The van der Waals surface area contributed by atoms with Crippen LogP contribution in [0.4, 0.5) is 0 Å². The van der Waals surface area contributed by atoms with Crippen LogP contribution in [0.5, 0.6) is 0 Å². The van der Waals surface area contributed by atoms with E-state index in [0.717, 1.165) is 7.11 Å². The predicted octanol–water partition coefficient (Wildman–Crippen LogP) is -0.461. The standard InChI is InChI=1S/C16H28N2O7/c1-8(2)13(17)15(21)24-10(6-12(20)23-5)11(7-19)25-16(22)14(18)9(3)4/h7-11,13-14H,6,17-18H2,1-5H3. The van der Waals surface area contributed by atoms with Gasteiger partial charge in [-0.15, -0.1) is 0 Å². The fourth-order valence-corrected chi connectivity index (χ4v) is 1.65. The predicted molar refractivity (Wildman–Crippen MR) is 88.1 cm³/mol. The maximum Gasteiger partial charge on any atom is 0.324 e. The molecule has 0 aromatic rings. The molecular formula is C16H28N2O7. The topological polar surface area (TPSA) is 148 Å². The van der Waals surface area contributed by atoms with Crippen LogP contribution < -0.4 is 11.5 Å². The van der Waals surface area contributed by atoms with Crippen molar-refractivity contribution >= 4 is 24.2 Å². The van der Waals surface area contributed by atoms with Crippen LogP contribution >= 0.6 is 0 Å². The van der Waals surface area contributed by atoms with E-state index in [1.54, 1.807) is 27.7 Å². The summed E-state index contributed by atoms with van der Waals surface area (Å²) < 4.78 is 14.7.